The lowest BCUT2D eigenvalue weighted by Crippen LogP contribution is -2.39. The Bertz CT molecular complexity index is 408. The van der Waals surface area contributed by atoms with Gasteiger partial charge in [-0.1, -0.05) is 12.1 Å². The molecule has 1 aliphatic carbocycles. The molecule has 0 bridgehead atoms. The first-order valence-corrected chi connectivity index (χ1v) is 6.69. The Morgan fingerprint density at radius 1 is 1.35 bits per heavy atom. The van der Waals surface area contributed by atoms with E-state index in [1.165, 1.54) is 0 Å². The van der Waals surface area contributed by atoms with E-state index in [2.05, 4.69) is 21.2 Å². The molecule has 0 unspecified atom stereocenters. The first kappa shape index (κ1) is 12.6. The molecule has 1 aromatic carbocycles. The SMILES string of the molecule is O=C(N[C@H]1CCC[C@H](O)C1)c1ccccc1Br. The van der Waals surface area contributed by atoms with Crippen LogP contribution in [0.5, 0.6) is 0 Å². The van der Waals surface area contributed by atoms with E-state index in [9.17, 15) is 9.90 Å². The standard InChI is InChI=1S/C13H16BrNO2/c14-12-7-2-1-6-11(12)13(17)15-9-4-3-5-10(16)8-9/h1-2,6-7,9-10,16H,3-5,8H2,(H,15,17)/t9-,10-/m0/s1. The van der Waals surface area contributed by atoms with Gasteiger partial charge in [-0.15, -0.1) is 0 Å². The summed E-state index contributed by atoms with van der Waals surface area (Å²) in [6, 6.07) is 7.46. The van der Waals surface area contributed by atoms with Crippen molar-refractivity contribution in [2.45, 2.75) is 37.8 Å². The Balaban J connectivity index is 1.99. The highest BCUT2D eigenvalue weighted by atomic mass is 79.9. The molecule has 2 rings (SSSR count). The van der Waals surface area contributed by atoms with E-state index in [0.29, 0.717) is 12.0 Å². The number of rotatable bonds is 2. The Morgan fingerprint density at radius 3 is 2.82 bits per heavy atom. The number of nitrogens with one attached hydrogen (secondary N) is 1. The fraction of sp³-hybridized carbons (Fsp3) is 0.462. The van der Waals surface area contributed by atoms with Crippen molar-refractivity contribution in [3.05, 3.63) is 34.3 Å². The van der Waals surface area contributed by atoms with E-state index in [1.807, 2.05) is 18.2 Å². The molecular weight excluding hydrogens is 282 g/mol. The number of hydrogen-bond donors (Lipinski definition) is 2. The molecule has 2 N–H and O–H groups in total. The normalized spacial score (nSPS) is 24.4. The predicted octanol–water partition coefficient (Wildman–Crippen LogP) is 2.48. The summed E-state index contributed by atoms with van der Waals surface area (Å²) in [4.78, 5) is 12.0. The summed E-state index contributed by atoms with van der Waals surface area (Å²) in [6.45, 7) is 0. The summed E-state index contributed by atoms with van der Waals surface area (Å²) in [5.41, 5.74) is 0.646. The average Bonchev–Trinajstić information content (AvgIpc) is 2.29. The highest BCUT2D eigenvalue weighted by Gasteiger charge is 2.22. The van der Waals surface area contributed by atoms with Gasteiger partial charge < -0.3 is 10.4 Å². The summed E-state index contributed by atoms with van der Waals surface area (Å²) in [5, 5.41) is 12.5. The molecule has 1 saturated carbocycles. The lowest BCUT2D eigenvalue weighted by molar-refractivity contribution is 0.0849. The molecule has 92 valence electrons. The highest BCUT2D eigenvalue weighted by Crippen LogP contribution is 2.20. The van der Waals surface area contributed by atoms with E-state index in [4.69, 9.17) is 0 Å². The van der Waals surface area contributed by atoms with E-state index >= 15 is 0 Å². The van der Waals surface area contributed by atoms with E-state index in [-0.39, 0.29) is 18.1 Å². The predicted molar refractivity (Wildman–Crippen MR) is 69.9 cm³/mol. The molecule has 17 heavy (non-hydrogen) atoms. The van der Waals surface area contributed by atoms with Crippen molar-refractivity contribution < 1.29 is 9.90 Å². The smallest absolute Gasteiger partial charge is 0.252 e. The van der Waals surface area contributed by atoms with Crippen molar-refractivity contribution in [2.24, 2.45) is 0 Å². The molecule has 3 nitrogen and oxygen atoms in total. The number of hydrogen-bond acceptors (Lipinski definition) is 2. The number of halogens is 1. The number of amides is 1. The van der Waals surface area contributed by atoms with Crippen LogP contribution >= 0.6 is 15.9 Å². The maximum absolute atomic E-state index is 12.0. The molecule has 0 heterocycles. The van der Waals surface area contributed by atoms with Gasteiger partial charge in [0.25, 0.3) is 5.91 Å². The molecule has 1 amide bonds. The molecule has 0 aliphatic heterocycles. The van der Waals surface area contributed by atoms with Gasteiger partial charge in [0.2, 0.25) is 0 Å². The third kappa shape index (κ3) is 3.30. The number of aliphatic hydroxyl groups excluding tert-OH is 1. The molecular formula is C13H16BrNO2. The molecule has 1 aromatic rings. The fourth-order valence-corrected chi connectivity index (χ4v) is 2.67. The Hall–Kier alpha value is -0.870. The first-order chi connectivity index (χ1) is 8.16. The van der Waals surface area contributed by atoms with Gasteiger partial charge in [0.1, 0.15) is 0 Å². The molecule has 0 aromatic heterocycles. The van der Waals surface area contributed by atoms with Gasteiger partial charge in [-0.2, -0.15) is 0 Å². The quantitative estimate of drug-likeness (QED) is 0.881. The zero-order valence-corrected chi connectivity index (χ0v) is 11.1. The maximum atomic E-state index is 12.0. The largest absolute Gasteiger partial charge is 0.393 e. The van der Waals surface area contributed by atoms with E-state index in [1.54, 1.807) is 6.07 Å². The Labute approximate surface area is 109 Å². The molecule has 2 atom stereocenters. The Kier molecular flexibility index (Phi) is 4.18. The van der Waals surface area contributed by atoms with Gasteiger partial charge >= 0.3 is 0 Å². The minimum Gasteiger partial charge on any atom is -0.393 e. The number of aliphatic hydroxyl groups is 1. The third-order valence-corrected chi connectivity index (χ3v) is 3.79. The molecule has 1 fully saturated rings. The Morgan fingerprint density at radius 2 is 2.12 bits per heavy atom. The van der Waals surface area contributed by atoms with E-state index < -0.39 is 0 Å². The highest BCUT2D eigenvalue weighted by molar-refractivity contribution is 9.10. The van der Waals surface area contributed by atoms with Crippen LogP contribution in [0.25, 0.3) is 0 Å². The van der Waals surface area contributed by atoms with Crippen molar-refractivity contribution in [2.75, 3.05) is 0 Å². The zero-order valence-electron chi connectivity index (χ0n) is 9.53. The summed E-state index contributed by atoms with van der Waals surface area (Å²) >= 11 is 3.36. The van der Waals surface area contributed by atoms with Gasteiger partial charge in [0, 0.05) is 10.5 Å². The van der Waals surface area contributed by atoms with Gasteiger partial charge in [-0.25, -0.2) is 0 Å². The average molecular weight is 298 g/mol. The molecule has 1 aliphatic rings. The van der Waals surface area contributed by atoms with Crippen LogP contribution < -0.4 is 5.32 Å². The summed E-state index contributed by atoms with van der Waals surface area (Å²) in [7, 11) is 0. The summed E-state index contributed by atoms with van der Waals surface area (Å²) in [6.07, 6.45) is 3.17. The van der Waals surface area contributed by atoms with Gasteiger partial charge in [-0.3, -0.25) is 4.79 Å². The van der Waals surface area contributed by atoms with Crippen molar-refractivity contribution in [1.29, 1.82) is 0 Å². The molecule has 0 radical (unpaired) electrons. The van der Waals surface area contributed by atoms with Gasteiger partial charge in [-0.05, 0) is 53.7 Å². The number of benzene rings is 1. The topological polar surface area (TPSA) is 49.3 Å². The van der Waals surface area contributed by atoms with Crippen LogP contribution in [0.4, 0.5) is 0 Å². The fourth-order valence-electron chi connectivity index (χ4n) is 2.20. The second-order valence-corrected chi connectivity index (χ2v) is 5.32. The summed E-state index contributed by atoms with van der Waals surface area (Å²) in [5.74, 6) is -0.0726. The minimum atomic E-state index is -0.270. The monoisotopic (exact) mass is 297 g/mol. The van der Waals surface area contributed by atoms with E-state index in [0.717, 1.165) is 23.7 Å². The zero-order chi connectivity index (χ0) is 12.3. The lowest BCUT2D eigenvalue weighted by Gasteiger charge is -2.26. The van der Waals surface area contributed by atoms with Crippen molar-refractivity contribution >= 4 is 21.8 Å². The van der Waals surface area contributed by atoms with Crippen molar-refractivity contribution in [1.82, 2.24) is 5.32 Å². The molecule has 0 saturated heterocycles. The number of carbonyl (C=O) groups is 1. The molecule has 4 heteroatoms. The lowest BCUT2D eigenvalue weighted by atomic mass is 9.93. The second-order valence-electron chi connectivity index (χ2n) is 4.47. The van der Waals surface area contributed by atoms with Crippen LogP contribution in [0.3, 0.4) is 0 Å². The van der Waals surface area contributed by atoms with Gasteiger partial charge in [0.05, 0.1) is 11.7 Å². The summed E-state index contributed by atoms with van der Waals surface area (Å²) < 4.78 is 0.800. The minimum absolute atomic E-state index is 0.0726. The first-order valence-electron chi connectivity index (χ1n) is 5.90. The third-order valence-electron chi connectivity index (χ3n) is 3.10. The molecule has 0 spiro atoms. The van der Waals surface area contributed by atoms with Crippen LogP contribution in [-0.4, -0.2) is 23.2 Å². The number of carbonyl (C=O) groups excluding carboxylic acids is 1. The van der Waals surface area contributed by atoms with Crippen LogP contribution in [0.1, 0.15) is 36.0 Å². The maximum Gasteiger partial charge on any atom is 0.252 e. The van der Waals surface area contributed by atoms with Gasteiger partial charge in [0.15, 0.2) is 0 Å². The van der Waals surface area contributed by atoms with Crippen LogP contribution in [-0.2, 0) is 0 Å². The van der Waals surface area contributed by atoms with Crippen LogP contribution in [0.2, 0.25) is 0 Å². The van der Waals surface area contributed by atoms with Crippen LogP contribution in [0.15, 0.2) is 28.7 Å². The van der Waals surface area contributed by atoms with Crippen molar-refractivity contribution in [3.63, 3.8) is 0 Å². The van der Waals surface area contributed by atoms with Crippen LogP contribution in [0, 0.1) is 0 Å². The second kappa shape index (κ2) is 5.65. The van der Waals surface area contributed by atoms with Crippen molar-refractivity contribution in [3.8, 4) is 0 Å².